The molecule has 8 heteroatoms. The molecule has 0 aromatic heterocycles. The number of aliphatic hydroxyl groups excluding tert-OH is 3. The number of unbranched alkanes of at least 4 members (excludes halogenated alkanes) is 4. The normalized spacial score (nSPS) is 12.0. The van der Waals surface area contributed by atoms with Crippen LogP contribution in [0.3, 0.4) is 0 Å². The Morgan fingerprint density at radius 1 is 0.812 bits per heavy atom. The molecule has 0 aliphatic rings. The van der Waals surface area contributed by atoms with Gasteiger partial charge in [0.25, 0.3) is 0 Å². The molecular weight excluding hydrogens is 519 g/mol. The second-order valence-corrected chi connectivity index (χ2v) is 12.7. The molecule has 0 spiro atoms. The van der Waals surface area contributed by atoms with Gasteiger partial charge < -0.3 is 35.1 Å². The molecule has 0 amide bonds. The average molecular weight is 567 g/mol. The third-order valence-corrected chi connectivity index (χ3v) is 8.60. The molecule has 0 aliphatic heterocycles. The molecule has 0 saturated heterocycles. The van der Waals surface area contributed by atoms with Crippen LogP contribution >= 0.6 is 0 Å². The van der Waals surface area contributed by atoms with Crippen LogP contribution in [0.1, 0.15) is 105 Å². The van der Waals surface area contributed by atoms with Gasteiger partial charge in [-0.3, -0.25) is 0 Å². The zero-order valence-electron chi connectivity index (χ0n) is 20.8. The van der Waals surface area contributed by atoms with Crippen molar-refractivity contribution >= 4 is 33.1 Å². The molecule has 7 nitrogen and oxygen atoms in total. The van der Waals surface area contributed by atoms with Gasteiger partial charge in [-0.2, -0.15) is 0 Å². The Morgan fingerprint density at radius 2 is 1.31 bits per heavy atom. The van der Waals surface area contributed by atoms with Crippen LogP contribution < -0.4 is 10.2 Å². The van der Waals surface area contributed by atoms with Crippen molar-refractivity contribution in [3.8, 4) is 0 Å². The van der Waals surface area contributed by atoms with Gasteiger partial charge in [-0.1, -0.05) is 39.5 Å². The first-order chi connectivity index (χ1) is 15.1. The maximum atomic E-state index is 9.58. The van der Waals surface area contributed by atoms with Crippen LogP contribution in [0.25, 0.3) is 0 Å². The second-order valence-electron chi connectivity index (χ2n) is 8.42. The minimum atomic E-state index is -1.96. The van der Waals surface area contributed by atoms with Crippen molar-refractivity contribution < 1.29 is 35.1 Å². The van der Waals surface area contributed by atoms with Crippen molar-refractivity contribution in [2.24, 2.45) is 5.92 Å². The molecule has 2 unspecified atom stereocenters. The molecule has 0 aromatic rings. The fraction of sp³-hybridized carbons (Fsp3) is 0.917. The number of rotatable bonds is 18. The van der Waals surface area contributed by atoms with Crippen molar-refractivity contribution in [3.05, 3.63) is 0 Å². The SMILES string of the molecule is CC(C)CCCCCC(O)CCCO.CCC[CH2][Sn+2][CH2]CCC.O=C([O-])CC(O)C(=O)[O-]. The molecule has 32 heavy (non-hydrogen) atoms. The summed E-state index contributed by atoms with van der Waals surface area (Å²) in [5.74, 6) is -2.62. The van der Waals surface area contributed by atoms with Crippen molar-refractivity contribution in [2.45, 2.75) is 126 Å². The van der Waals surface area contributed by atoms with Gasteiger partial charge >= 0.3 is 69.5 Å². The summed E-state index contributed by atoms with van der Waals surface area (Å²) < 4.78 is 3.25. The fourth-order valence-electron chi connectivity index (χ4n) is 2.55. The van der Waals surface area contributed by atoms with Gasteiger partial charge in [0.15, 0.2) is 0 Å². The molecule has 2 atom stereocenters. The van der Waals surface area contributed by atoms with Crippen LogP contribution in [0.5, 0.6) is 0 Å². The molecule has 0 rings (SSSR count). The molecule has 0 aliphatic carbocycles. The van der Waals surface area contributed by atoms with E-state index in [-0.39, 0.29) is 33.9 Å². The third kappa shape index (κ3) is 37.0. The molecule has 0 saturated carbocycles. The molecule has 0 fully saturated rings. The van der Waals surface area contributed by atoms with Crippen LogP contribution in [0.2, 0.25) is 8.87 Å². The Balaban J connectivity index is -0.000000411. The molecule has 3 N–H and O–H groups in total. The first-order valence-electron chi connectivity index (χ1n) is 12.2. The Bertz CT molecular complexity index is 400. The van der Waals surface area contributed by atoms with Crippen LogP contribution in [0.15, 0.2) is 0 Å². The predicted octanol–water partition coefficient (Wildman–Crippen LogP) is 2.09. The number of aliphatic carboxylic acids is 2. The molecule has 0 radical (unpaired) electrons. The Kier molecular flexibility index (Phi) is 32.4. The number of carboxylic acids is 2. The quantitative estimate of drug-likeness (QED) is 0.170. The van der Waals surface area contributed by atoms with E-state index in [2.05, 4.69) is 27.7 Å². The van der Waals surface area contributed by atoms with Crippen molar-refractivity contribution in [1.29, 1.82) is 0 Å². The number of hydrogen-bond donors (Lipinski definition) is 3. The summed E-state index contributed by atoms with van der Waals surface area (Å²) in [5, 5.41) is 45.4. The van der Waals surface area contributed by atoms with Crippen LogP contribution in [0.4, 0.5) is 0 Å². The van der Waals surface area contributed by atoms with E-state index in [0.29, 0.717) is 0 Å². The topological polar surface area (TPSA) is 141 Å². The molecule has 0 heterocycles. The fourth-order valence-corrected chi connectivity index (χ4v) is 6.71. The number of aliphatic hydroxyl groups is 3. The van der Waals surface area contributed by atoms with Crippen LogP contribution in [0, 0.1) is 5.92 Å². The first kappa shape index (κ1) is 36.2. The van der Waals surface area contributed by atoms with Crippen molar-refractivity contribution in [2.75, 3.05) is 6.61 Å². The van der Waals surface area contributed by atoms with Gasteiger partial charge in [-0.15, -0.1) is 0 Å². The summed E-state index contributed by atoms with van der Waals surface area (Å²) in [6.07, 6.45) is 10.1. The largest absolute Gasteiger partial charge is 0.550 e. The van der Waals surface area contributed by atoms with E-state index in [1.807, 2.05) is 0 Å². The number of hydrogen-bond acceptors (Lipinski definition) is 7. The van der Waals surface area contributed by atoms with E-state index in [1.165, 1.54) is 44.9 Å². The van der Waals surface area contributed by atoms with Crippen LogP contribution in [-0.4, -0.2) is 67.2 Å². The van der Waals surface area contributed by atoms with Crippen molar-refractivity contribution in [1.82, 2.24) is 0 Å². The molecular formula is C24H48O7Sn. The maximum Gasteiger partial charge on any atom is 0.0985 e. The molecule has 0 bridgehead atoms. The number of carbonyl (C=O) groups excluding carboxylic acids is 2. The van der Waals surface area contributed by atoms with E-state index in [0.717, 1.165) is 31.6 Å². The zero-order valence-corrected chi connectivity index (χ0v) is 23.7. The Labute approximate surface area is 206 Å². The van der Waals surface area contributed by atoms with E-state index < -0.39 is 24.5 Å². The zero-order chi connectivity index (χ0) is 25.2. The Hall–Kier alpha value is -0.381. The summed E-state index contributed by atoms with van der Waals surface area (Å²) in [6, 6.07) is 0. The number of carboxylic acid groups (broad SMARTS) is 2. The molecule has 190 valence electrons. The third-order valence-electron chi connectivity index (χ3n) is 4.56. The monoisotopic (exact) mass is 568 g/mol. The molecule has 0 aromatic carbocycles. The summed E-state index contributed by atoms with van der Waals surface area (Å²) in [5.41, 5.74) is 0. The summed E-state index contributed by atoms with van der Waals surface area (Å²) >= 11 is 0.149. The minimum Gasteiger partial charge on any atom is -0.550 e. The minimum absolute atomic E-state index is 0.149. The smallest absolute Gasteiger partial charge is 0.0985 e. The summed E-state index contributed by atoms with van der Waals surface area (Å²) in [6.45, 7) is 9.27. The van der Waals surface area contributed by atoms with E-state index >= 15 is 0 Å². The summed E-state index contributed by atoms with van der Waals surface area (Å²) in [4.78, 5) is 19.1. The average Bonchev–Trinajstić information content (AvgIpc) is 2.72. The van der Waals surface area contributed by atoms with E-state index in [9.17, 15) is 24.9 Å². The van der Waals surface area contributed by atoms with Gasteiger partial charge in [-0.25, -0.2) is 0 Å². The van der Waals surface area contributed by atoms with Gasteiger partial charge in [0.05, 0.1) is 18.2 Å². The number of carbonyl (C=O) groups is 2. The van der Waals surface area contributed by atoms with Gasteiger partial charge in [0.2, 0.25) is 0 Å². The van der Waals surface area contributed by atoms with E-state index in [4.69, 9.17) is 10.2 Å². The van der Waals surface area contributed by atoms with Gasteiger partial charge in [0.1, 0.15) is 0 Å². The van der Waals surface area contributed by atoms with Gasteiger partial charge in [0, 0.05) is 19.0 Å². The first-order valence-corrected chi connectivity index (χ1v) is 16.2. The second kappa shape index (κ2) is 28.7. The maximum absolute atomic E-state index is 9.58. The van der Waals surface area contributed by atoms with Crippen molar-refractivity contribution in [3.63, 3.8) is 0 Å². The Morgan fingerprint density at radius 3 is 1.69 bits per heavy atom. The van der Waals surface area contributed by atoms with Gasteiger partial charge in [-0.05, 0) is 25.2 Å². The standard InChI is InChI=1S/C12H26O2.C4H6O5.2C4H9.Sn/c1-11(2)7-4-3-5-8-12(14)9-6-10-13;5-2(4(8)9)1-3(6)7;2*1-3-4-2;/h11-14H,3-10H2,1-2H3;2,5H,1H2,(H,6,7)(H,8,9);2*1,3-4H2,2H3;/q;;;;+2/p-2. The summed E-state index contributed by atoms with van der Waals surface area (Å²) in [7, 11) is 0. The predicted molar refractivity (Wildman–Crippen MR) is 126 cm³/mol. The van der Waals surface area contributed by atoms with Crippen LogP contribution in [-0.2, 0) is 9.59 Å². The van der Waals surface area contributed by atoms with E-state index in [1.54, 1.807) is 8.87 Å².